The van der Waals surface area contributed by atoms with Crippen molar-refractivity contribution >= 4 is 62.8 Å². The van der Waals surface area contributed by atoms with Crippen LogP contribution in [0.25, 0.3) is 0 Å². The van der Waals surface area contributed by atoms with E-state index in [1.54, 1.807) is 0 Å². The van der Waals surface area contributed by atoms with Crippen molar-refractivity contribution in [2.75, 3.05) is 12.4 Å². The lowest BCUT2D eigenvalue weighted by atomic mass is 9.72. The number of thiocarbonyl (C=S) groups is 1. The van der Waals surface area contributed by atoms with Gasteiger partial charge in [0.15, 0.2) is 5.11 Å². The van der Waals surface area contributed by atoms with Gasteiger partial charge in [0.1, 0.15) is 16.8 Å². The van der Waals surface area contributed by atoms with Crippen LogP contribution in [0.2, 0.25) is 10.0 Å². The lowest BCUT2D eigenvalue weighted by Gasteiger charge is -2.33. The van der Waals surface area contributed by atoms with Crippen LogP contribution in [0.4, 0.5) is 5.00 Å². The number of nitrogens with one attached hydrogen (secondary N) is 2. The van der Waals surface area contributed by atoms with Gasteiger partial charge in [0.05, 0.1) is 23.3 Å². The third-order valence-corrected chi connectivity index (χ3v) is 7.39. The first-order valence-electron chi connectivity index (χ1n) is 9.75. The molecule has 3 rings (SSSR count). The van der Waals surface area contributed by atoms with Gasteiger partial charge in [0.25, 0.3) is 5.91 Å². The molecule has 9 heteroatoms. The SMILES string of the molecule is COc1c(Cl)cc(Cl)cc1C(=O)NC(=S)Nc1sc2c(c1C#N)CC[C@@H](C(C)(C)C)C2. The number of anilines is 1. The van der Waals surface area contributed by atoms with Crippen LogP contribution in [0.15, 0.2) is 12.1 Å². The molecule has 0 saturated heterocycles. The van der Waals surface area contributed by atoms with Gasteiger partial charge in [-0.25, -0.2) is 0 Å². The zero-order chi connectivity index (χ0) is 22.9. The minimum absolute atomic E-state index is 0.0885. The molecular weight excluding hydrogens is 473 g/mol. The Morgan fingerprint density at radius 3 is 2.68 bits per heavy atom. The summed E-state index contributed by atoms with van der Waals surface area (Å²) >= 11 is 19.0. The number of nitrogens with zero attached hydrogens (tertiary/aromatic N) is 1. The Balaban J connectivity index is 1.79. The molecule has 1 aliphatic carbocycles. The van der Waals surface area contributed by atoms with Gasteiger partial charge < -0.3 is 10.1 Å². The van der Waals surface area contributed by atoms with Crippen LogP contribution >= 0.6 is 46.8 Å². The van der Waals surface area contributed by atoms with Crippen LogP contribution in [-0.2, 0) is 12.8 Å². The Morgan fingerprint density at radius 2 is 2.06 bits per heavy atom. The van der Waals surface area contributed by atoms with E-state index in [0.717, 1.165) is 24.8 Å². The number of halogens is 2. The predicted molar refractivity (Wildman–Crippen MR) is 131 cm³/mol. The van der Waals surface area contributed by atoms with Crippen LogP contribution in [-0.4, -0.2) is 18.1 Å². The molecule has 1 aromatic carbocycles. The number of fused-ring (bicyclic) bond motifs is 1. The van der Waals surface area contributed by atoms with Crippen LogP contribution in [0.5, 0.6) is 5.75 Å². The molecule has 2 aromatic rings. The second-order valence-corrected chi connectivity index (χ2v) is 10.9. The molecular formula is C22H23Cl2N3O2S2. The van der Waals surface area contributed by atoms with E-state index in [0.29, 0.717) is 21.5 Å². The van der Waals surface area contributed by atoms with Gasteiger partial charge in [-0.2, -0.15) is 5.26 Å². The molecule has 0 radical (unpaired) electrons. The van der Waals surface area contributed by atoms with E-state index in [9.17, 15) is 10.1 Å². The van der Waals surface area contributed by atoms with Crippen molar-refractivity contribution in [2.45, 2.75) is 40.0 Å². The number of hydrogen-bond donors (Lipinski definition) is 2. The lowest BCUT2D eigenvalue weighted by molar-refractivity contribution is 0.0974. The summed E-state index contributed by atoms with van der Waals surface area (Å²) in [6, 6.07) is 5.26. The van der Waals surface area contributed by atoms with Gasteiger partial charge in [-0.3, -0.25) is 10.1 Å². The maximum absolute atomic E-state index is 12.7. The van der Waals surface area contributed by atoms with Crippen molar-refractivity contribution in [2.24, 2.45) is 11.3 Å². The van der Waals surface area contributed by atoms with Crippen molar-refractivity contribution in [1.29, 1.82) is 5.26 Å². The number of methoxy groups -OCH3 is 1. The van der Waals surface area contributed by atoms with E-state index >= 15 is 0 Å². The molecule has 0 saturated carbocycles. The highest BCUT2D eigenvalue weighted by atomic mass is 35.5. The van der Waals surface area contributed by atoms with E-state index in [1.165, 1.54) is 35.5 Å². The van der Waals surface area contributed by atoms with E-state index in [1.807, 2.05) is 0 Å². The summed E-state index contributed by atoms with van der Waals surface area (Å²) in [7, 11) is 1.42. The monoisotopic (exact) mass is 495 g/mol. The second-order valence-electron chi connectivity index (χ2n) is 8.50. The summed E-state index contributed by atoms with van der Waals surface area (Å²) in [6.45, 7) is 6.75. The summed E-state index contributed by atoms with van der Waals surface area (Å²) in [6.07, 6.45) is 2.87. The number of nitriles is 1. The molecule has 1 amide bonds. The molecule has 2 N–H and O–H groups in total. The van der Waals surface area contributed by atoms with Gasteiger partial charge >= 0.3 is 0 Å². The normalized spacial score (nSPS) is 15.6. The molecule has 0 unspecified atom stereocenters. The maximum atomic E-state index is 12.7. The highest BCUT2D eigenvalue weighted by molar-refractivity contribution is 7.80. The fourth-order valence-electron chi connectivity index (χ4n) is 3.77. The molecule has 164 valence electrons. The first-order valence-corrected chi connectivity index (χ1v) is 11.7. The third-order valence-electron chi connectivity index (χ3n) is 5.51. The zero-order valence-electron chi connectivity index (χ0n) is 17.7. The van der Waals surface area contributed by atoms with Crippen molar-refractivity contribution in [3.05, 3.63) is 43.7 Å². The Labute approximate surface area is 201 Å². The van der Waals surface area contributed by atoms with Crippen molar-refractivity contribution in [3.8, 4) is 11.8 Å². The minimum atomic E-state index is -0.508. The molecule has 0 bridgehead atoms. The average Bonchev–Trinajstić information content (AvgIpc) is 3.02. The highest BCUT2D eigenvalue weighted by Gasteiger charge is 2.32. The number of thiophene rings is 1. The van der Waals surface area contributed by atoms with Crippen LogP contribution in [0, 0.1) is 22.7 Å². The Bertz CT molecular complexity index is 1080. The summed E-state index contributed by atoms with van der Waals surface area (Å²) in [4.78, 5) is 13.9. The molecule has 31 heavy (non-hydrogen) atoms. The fourth-order valence-corrected chi connectivity index (χ4v) is 5.88. The van der Waals surface area contributed by atoms with E-state index in [-0.39, 0.29) is 26.9 Å². The first-order chi connectivity index (χ1) is 14.5. The quantitative estimate of drug-likeness (QED) is 0.494. The molecule has 1 atom stereocenters. The fraction of sp³-hybridized carbons (Fsp3) is 0.409. The number of rotatable bonds is 3. The second kappa shape index (κ2) is 9.33. The van der Waals surface area contributed by atoms with Gasteiger partial charge in [0.2, 0.25) is 0 Å². The number of carbonyl (C=O) groups excluding carboxylic acids is 1. The topological polar surface area (TPSA) is 74.2 Å². The molecule has 1 heterocycles. The summed E-state index contributed by atoms with van der Waals surface area (Å²) < 4.78 is 5.23. The van der Waals surface area contributed by atoms with Gasteiger partial charge in [-0.1, -0.05) is 44.0 Å². The average molecular weight is 496 g/mol. The Hall–Kier alpha value is -1.85. The van der Waals surface area contributed by atoms with E-state index < -0.39 is 5.91 Å². The van der Waals surface area contributed by atoms with E-state index in [2.05, 4.69) is 37.5 Å². The Morgan fingerprint density at radius 1 is 1.35 bits per heavy atom. The minimum Gasteiger partial charge on any atom is -0.494 e. The third kappa shape index (κ3) is 5.15. The van der Waals surface area contributed by atoms with Crippen LogP contribution in [0.3, 0.4) is 0 Å². The number of hydrogen-bond acceptors (Lipinski definition) is 5. The summed E-state index contributed by atoms with van der Waals surface area (Å²) in [5.41, 5.74) is 2.08. The lowest BCUT2D eigenvalue weighted by Crippen LogP contribution is -2.34. The van der Waals surface area contributed by atoms with Crippen molar-refractivity contribution < 1.29 is 9.53 Å². The standard InChI is InChI=1S/C22H23Cl2N3O2S2/c1-22(2,3)11-5-6-13-15(10-25)20(31-17(13)7-11)27-21(30)26-19(28)14-8-12(23)9-16(24)18(14)29-4/h8-9,11H,5-7H2,1-4H3,(H2,26,27,28,30)/t11-/m1/s1. The zero-order valence-corrected chi connectivity index (χ0v) is 20.8. The summed E-state index contributed by atoms with van der Waals surface area (Å²) in [5, 5.41) is 16.7. The predicted octanol–water partition coefficient (Wildman–Crippen LogP) is 6.21. The van der Waals surface area contributed by atoms with Gasteiger partial charge in [-0.05, 0) is 60.5 Å². The van der Waals surface area contributed by atoms with Crippen molar-refractivity contribution in [1.82, 2.24) is 5.32 Å². The van der Waals surface area contributed by atoms with Gasteiger partial charge in [0, 0.05) is 9.90 Å². The highest BCUT2D eigenvalue weighted by Crippen LogP contribution is 2.44. The number of carbonyl (C=O) groups is 1. The van der Waals surface area contributed by atoms with Crippen molar-refractivity contribution in [3.63, 3.8) is 0 Å². The van der Waals surface area contributed by atoms with E-state index in [4.69, 9.17) is 40.2 Å². The number of benzene rings is 1. The van der Waals surface area contributed by atoms with Crippen LogP contribution < -0.4 is 15.4 Å². The Kier molecular flexibility index (Phi) is 7.17. The first kappa shape index (κ1) is 23.8. The summed E-state index contributed by atoms with van der Waals surface area (Å²) in [5.74, 6) is 0.264. The molecule has 0 spiro atoms. The van der Waals surface area contributed by atoms with Crippen LogP contribution in [0.1, 0.15) is 53.6 Å². The number of amides is 1. The number of ether oxygens (including phenoxy) is 1. The molecule has 0 aliphatic heterocycles. The largest absolute Gasteiger partial charge is 0.494 e. The van der Waals surface area contributed by atoms with Gasteiger partial charge in [-0.15, -0.1) is 11.3 Å². The molecule has 0 fully saturated rings. The maximum Gasteiger partial charge on any atom is 0.261 e. The molecule has 5 nitrogen and oxygen atoms in total. The molecule has 1 aliphatic rings. The molecule has 1 aromatic heterocycles. The smallest absolute Gasteiger partial charge is 0.261 e.